The van der Waals surface area contributed by atoms with E-state index in [-0.39, 0.29) is 5.92 Å². The molecule has 24 heavy (non-hydrogen) atoms. The van der Waals surface area contributed by atoms with Gasteiger partial charge in [0.1, 0.15) is 0 Å². The fourth-order valence-electron chi connectivity index (χ4n) is 4.61. The van der Waals surface area contributed by atoms with Crippen molar-refractivity contribution >= 4 is 5.91 Å². The van der Waals surface area contributed by atoms with E-state index in [0.29, 0.717) is 17.9 Å². The first-order valence-corrected chi connectivity index (χ1v) is 9.23. The highest BCUT2D eigenvalue weighted by atomic mass is 16.5. The zero-order valence-corrected chi connectivity index (χ0v) is 14.3. The maximum atomic E-state index is 12.7. The van der Waals surface area contributed by atoms with Gasteiger partial charge in [0.05, 0.1) is 18.2 Å². The first-order chi connectivity index (χ1) is 11.7. The summed E-state index contributed by atoms with van der Waals surface area (Å²) >= 11 is 0. The van der Waals surface area contributed by atoms with E-state index in [1.165, 1.54) is 12.8 Å². The second kappa shape index (κ2) is 6.81. The Morgan fingerprint density at radius 1 is 1.29 bits per heavy atom. The van der Waals surface area contributed by atoms with Gasteiger partial charge < -0.3 is 9.64 Å². The van der Waals surface area contributed by atoms with Crippen molar-refractivity contribution in [1.82, 2.24) is 14.8 Å². The Balaban J connectivity index is 1.37. The van der Waals surface area contributed by atoms with Gasteiger partial charge in [-0.2, -0.15) is 0 Å². The molecule has 4 rings (SSSR count). The average molecular weight is 329 g/mol. The molecule has 5 nitrogen and oxygen atoms in total. The molecule has 1 amide bonds. The fourth-order valence-corrected chi connectivity index (χ4v) is 4.61. The Bertz CT molecular complexity index is 573. The van der Waals surface area contributed by atoms with E-state index < -0.39 is 0 Å². The van der Waals surface area contributed by atoms with Crippen LogP contribution in [0, 0.1) is 11.3 Å². The van der Waals surface area contributed by atoms with Crippen LogP contribution in [0.5, 0.6) is 0 Å². The van der Waals surface area contributed by atoms with Gasteiger partial charge in [0.2, 0.25) is 5.91 Å². The van der Waals surface area contributed by atoms with Gasteiger partial charge in [-0.05, 0) is 44.4 Å². The molecule has 0 aliphatic carbocycles. The number of likely N-dealkylation sites (tertiary alicyclic amines) is 2. The number of carbonyl (C=O) groups is 1. The topological polar surface area (TPSA) is 45.7 Å². The zero-order chi connectivity index (χ0) is 16.4. The molecule has 5 heteroatoms. The highest BCUT2D eigenvalue weighted by Gasteiger charge is 2.44. The van der Waals surface area contributed by atoms with Gasteiger partial charge in [-0.3, -0.25) is 14.7 Å². The number of rotatable bonds is 3. The van der Waals surface area contributed by atoms with Crippen molar-refractivity contribution in [2.75, 3.05) is 39.4 Å². The summed E-state index contributed by atoms with van der Waals surface area (Å²) < 4.78 is 5.40. The van der Waals surface area contributed by atoms with Crippen LogP contribution in [0.25, 0.3) is 0 Å². The van der Waals surface area contributed by atoms with Crippen molar-refractivity contribution in [3.05, 3.63) is 30.1 Å². The lowest BCUT2D eigenvalue weighted by Crippen LogP contribution is -2.45. The fraction of sp³-hybridized carbons (Fsp3) is 0.684. The van der Waals surface area contributed by atoms with Crippen LogP contribution in [-0.2, 0) is 16.1 Å². The minimum Gasteiger partial charge on any atom is -0.381 e. The van der Waals surface area contributed by atoms with E-state index in [2.05, 4.69) is 26.9 Å². The van der Waals surface area contributed by atoms with Crippen molar-refractivity contribution in [3.63, 3.8) is 0 Å². The predicted octanol–water partition coefficient (Wildman–Crippen LogP) is 1.93. The monoisotopic (exact) mass is 329 g/mol. The van der Waals surface area contributed by atoms with E-state index in [4.69, 9.17) is 4.74 Å². The average Bonchev–Trinajstić information content (AvgIpc) is 3.26. The summed E-state index contributed by atoms with van der Waals surface area (Å²) in [7, 11) is 0. The third-order valence-electron chi connectivity index (χ3n) is 5.88. The predicted molar refractivity (Wildman–Crippen MR) is 91.3 cm³/mol. The van der Waals surface area contributed by atoms with Crippen LogP contribution >= 0.6 is 0 Å². The van der Waals surface area contributed by atoms with Crippen LogP contribution in [0.2, 0.25) is 0 Å². The van der Waals surface area contributed by atoms with E-state index in [0.717, 1.165) is 57.9 Å². The smallest absolute Gasteiger partial charge is 0.228 e. The van der Waals surface area contributed by atoms with Gasteiger partial charge in [-0.1, -0.05) is 6.07 Å². The molecule has 1 aromatic heterocycles. The Kier molecular flexibility index (Phi) is 4.55. The van der Waals surface area contributed by atoms with Crippen molar-refractivity contribution < 1.29 is 9.53 Å². The summed E-state index contributed by atoms with van der Waals surface area (Å²) in [4.78, 5) is 21.8. The highest BCUT2D eigenvalue weighted by Crippen LogP contribution is 2.40. The first kappa shape index (κ1) is 16.0. The Hall–Kier alpha value is -1.46. The lowest BCUT2D eigenvalue weighted by Gasteiger charge is -2.40. The molecule has 3 saturated heterocycles. The number of carbonyl (C=O) groups excluding carboxylic acids is 1. The van der Waals surface area contributed by atoms with Crippen molar-refractivity contribution in [2.24, 2.45) is 11.3 Å². The Labute approximate surface area is 144 Å². The maximum Gasteiger partial charge on any atom is 0.228 e. The number of aromatic nitrogens is 1. The van der Waals surface area contributed by atoms with Gasteiger partial charge >= 0.3 is 0 Å². The quantitative estimate of drug-likeness (QED) is 0.850. The standard InChI is InChI=1S/C19H27N3O2/c23-18(16-5-11-24-13-16)22-10-7-19(15-22)6-3-9-21(14-19)12-17-4-1-2-8-20-17/h1-2,4,8,16H,3,5-7,9-15H2/t16-,19+/m0/s1. The lowest BCUT2D eigenvalue weighted by molar-refractivity contribution is -0.135. The molecule has 0 saturated carbocycles. The summed E-state index contributed by atoms with van der Waals surface area (Å²) in [6.45, 7) is 6.37. The Morgan fingerprint density at radius 3 is 3.04 bits per heavy atom. The molecule has 3 aliphatic heterocycles. The van der Waals surface area contributed by atoms with Crippen LogP contribution in [0.4, 0.5) is 0 Å². The van der Waals surface area contributed by atoms with Gasteiger partial charge in [-0.25, -0.2) is 0 Å². The molecular weight excluding hydrogens is 302 g/mol. The summed E-state index contributed by atoms with van der Waals surface area (Å²) in [5.41, 5.74) is 1.44. The molecule has 0 unspecified atom stereocenters. The van der Waals surface area contributed by atoms with E-state index in [1.54, 1.807) is 0 Å². The second-order valence-corrected chi connectivity index (χ2v) is 7.71. The molecule has 0 N–H and O–H groups in total. The molecule has 3 fully saturated rings. The van der Waals surface area contributed by atoms with Gasteiger partial charge in [-0.15, -0.1) is 0 Å². The third-order valence-corrected chi connectivity index (χ3v) is 5.88. The summed E-state index contributed by atoms with van der Waals surface area (Å²) in [5.74, 6) is 0.430. The lowest BCUT2D eigenvalue weighted by atomic mass is 9.79. The molecule has 0 aromatic carbocycles. The van der Waals surface area contributed by atoms with Gasteiger partial charge in [0.15, 0.2) is 0 Å². The minimum absolute atomic E-state index is 0.105. The highest BCUT2D eigenvalue weighted by molar-refractivity contribution is 5.79. The number of nitrogens with zero attached hydrogens (tertiary/aromatic N) is 3. The summed E-state index contributed by atoms with van der Waals surface area (Å²) in [6, 6.07) is 6.13. The molecule has 1 spiro atoms. The second-order valence-electron chi connectivity index (χ2n) is 7.71. The largest absolute Gasteiger partial charge is 0.381 e. The van der Waals surface area contributed by atoms with Gasteiger partial charge in [0, 0.05) is 44.4 Å². The molecule has 0 bridgehead atoms. The van der Waals surface area contributed by atoms with Crippen LogP contribution in [0.15, 0.2) is 24.4 Å². The number of amides is 1. The number of hydrogen-bond acceptors (Lipinski definition) is 4. The molecule has 3 aliphatic rings. The molecule has 4 heterocycles. The van der Waals surface area contributed by atoms with E-state index in [1.807, 2.05) is 12.3 Å². The van der Waals surface area contributed by atoms with Crippen molar-refractivity contribution in [2.45, 2.75) is 32.2 Å². The number of ether oxygens (including phenoxy) is 1. The molecule has 130 valence electrons. The molecular formula is C19H27N3O2. The van der Waals surface area contributed by atoms with Gasteiger partial charge in [0.25, 0.3) is 0 Å². The van der Waals surface area contributed by atoms with Crippen LogP contribution in [0.1, 0.15) is 31.4 Å². The normalized spacial score (nSPS) is 31.0. The number of hydrogen-bond donors (Lipinski definition) is 0. The first-order valence-electron chi connectivity index (χ1n) is 9.23. The summed E-state index contributed by atoms with van der Waals surface area (Å²) in [5, 5.41) is 0. The van der Waals surface area contributed by atoms with E-state index in [9.17, 15) is 4.79 Å². The molecule has 1 aromatic rings. The minimum atomic E-state index is 0.105. The Morgan fingerprint density at radius 2 is 2.25 bits per heavy atom. The zero-order valence-electron chi connectivity index (χ0n) is 14.3. The maximum absolute atomic E-state index is 12.7. The van der Waals surface area contributed by atoms with Crippen molar-refractivity contribution in [3.8, 4) is 0 Å². The third kappa shape index (κ3) is 3.33. The summed E-state index contributed by atoms with van der Waals surface area (Å²) in [6.07, 6.45) is 6.38. The number of pyridine rings is 1. The van der Waals surface area contributed by atoms with E-state index >= 15 is 0 Å². The van der Waals surface area contributed by atoms with Crippen molar-refractivity contribution in [1.29, 1.82) is 0 Å². The molecule has 2 atom stereocenters. The number of piperidine rings is 1. The van der Waals surface area contributed by atoms with Crippen LogP contribution in [0.3, 0.4) is 0 Å². The van der Waals surface area contributed by atoms with Crippen LogP contribution < -0.4 is 0 Å². The molecule has 0 radical (unpaired) electrons. The van der Waals surface area contributed by atoms with Crippen LogP contribution in [-0.4, -0.2) is 60.1 Å². The SMILES string of the molecule is O=C([C@H]1CCOC1)N1CC[C@@]2(CCCN(Cc3ccccn3)C2)C1.